The molecule has 0 spiro atoms. The smallest absolute Gasteiger partial charge is 0.0867 e. The quantitative estimate of drug-likeness (QED) is 0.663. The summed E-state index contributed by atoms with van der Waals surface area (Å²) in [5, 5.41) is 3.16. The zero-order valence-corrected chi connectivity index (χ0v) is 7.51. The molecule has 1 aliphatic heterocycles. The van der Waals surface area contributed by atoms with Gasteiger partial charge < -0.3 is 10.2 Å². The van der Waals surface area contributed by atoms with Crippen molar-refractivity contribution >= 4 is 0 Å². The van der Waals surface area contributed by atoms with Gasteiger partial charge in [0, 0.05) is 18.9 Å². The molecular weight excluding hydrogens is 136 g/mol. The molecule has 0 aromatic heterocycles. The average molecular weight is 154 g/mol. The molecule has 11 heavy (non-hydrogen) atoms. The molecule has 1 N–H and O–H groups in total. The number of rotatable bonds is 4. The molecule has 64 valence electrons. The van der Waals surface area contributed by atoms with E-state index in [1.807, 2.05) is 6.20 Å². The van der Waals surface area contributed by atoms with Crippen LogP contribution in [-0.2, 0) is 0 Å². The highest BCUT2D eigenvalue weighted by Crippen LogP contribution is 2.05. The van der Waals surface area contributed by atoms with Gasteiger partial charge in [-0.25, -0.2) is 0 Å². The fourth-order valence-electron chi connectivity index (χ4n) is 1.24. The molecule has 0 amide bonds. The van der Waals surface area contributed by atoms with Crippen LogP contribution in [0.25, 0.3) is 0 Å². The second-order valence-electron chi connectivity index (χ2n) is 3.53. The van der Waals surface area contributed by atoms with Crippen molar-refractivity contribution in [1.82, 2.24) is 10.2 Å². The number of hydrogen-bond donors (Lipinski definition) is 1. The van der Waals surface area contributed by atoms with Crippen molar-refractivity contribution in [3.05, 3.63) is 12.4 Å². The summed E-state index contributed by atoms with van der Waals surface area (Å²) in [7, 11) is 0. The van der Waals surface area contributed by atoms with Crippen LogP contribution in [0.5, 0.6) is 0 Å². The van der Waals surface area contributed by atoms with Gasteiger partial charge in [0.1, 0.15) is 0 Å². The largest absolute Gasteiger partial charge is 0.373 e. The van der Waals surface area contributed by atoms with E-state index in [1.54, 1.807) is 0 Å². The van der Waals surface area contributed by atoms with Crippen LogP contribution in [0, 0.1) is 5.92 Å². The Morgan fingerprint density at radius 2 is 2.36 bits per heavy atom. The summed E-state index contributed by atoms with van der Waals surface area (Å²) < 4.78 is 0. The third-order valence-electron chi connectivity index (χ3n) is 1.92. The maximum absolute atomic E-state index is 3.16. The summed E-state index contributed by atoms with van der Waals surface area (Å²) in [6.45, 7) is 6.75. The van der Waals surface area contributed by atoms with Crippen molar-refractivity contribution in [3.63, 3.8) is 0 Å². The van der Waals surface area contributed by atoms with Crippen LogP contribution in [0.1, 0.15) is 26.7 Å². The molecule has 0 aliphatic carbocycles. The minimum atomic E-state index is 0.842. The molecule has 0 saturated heterocycles. The number of hydrogen-bond acceptors (Lipinski definition) is 2. The lowest BCUT2D eigenvalue weighted by Crippen LogP contribution is -2.21. The van der Waals surface area contributed by atoms with Gasteiger partial charge >= 0.3 is 0 Å². The molecule has 0 atom stereocenters. The van der Waals surface area contributed by atoms with Crippen LogP contribution in [-0.4, -0.2) is 18.1 Å². The molecule has 1 rings (SSSR count). The lowest BCUT2D eigenvalue weighted by molar-refractivity contribution is 0.366. The SMILES string of the molecule is CC(C)CCCN1C=CNC1. The Hall–Kier alpha value is -0.660. The van der Waals surface area contributed by atoms with Gasteiger partial charge in [-0.1, -0.05) is 13.8 Å². The fraction of sp³-hybridized carbons (Fsp3) is 0.778. The first-order valence-corrected chi connectivity index (χ1v) is 4.43. The van der Waals surface area contributed by atoms with Crippen molar-refractivity contribution < 1.29 is 0 Å². The summed E-state index contributed by atoms with van der Waals surface area (Å²) in [6, 6.07) is 0. The normalized spacial score (nSPS) is 16.1. The van der Waals surface area contributed by atoms with Crippen LogP contribution in [0.4, 0.5) is 0 Å². The summed E-state index contributed by atoms with van der Waals surface area (Å²) >= 11 is 0. The molecule has 0 radical (unpaired) electrons. The number of nitrogens with zero attached hydrogens (tertiary/aromatic N) is 1. The average Bonchev–Trinajstić information content (AvgIpc) is 2.39. The van der Waals surface area contributed by atoms with Gasteiger partial charge in [-0.05, 0) is 18.8 Å². The van der Waals surface area contributed by atoms with E-state index in [0.717, 1.165) is 12.6 Å². The molecule has 0 fully saturated rings. The zero-order chi connectivity index (χ0) is 8.10. The first kappa shape index (κ1) is 8.44. The van der Waals surface area contributed by atoms with Crippen LogP contribution < -0.4 is 5.32 Å². The Morgan fingerprint density at radius 1 is 1.55 bits per heavy atom. The third-order valence-corrected chi connectivity index (χ3v) is 1.92. The van der Waals surface area contributed by atoms with Crippen molar-refractivity contribution in [1.29, 1.82) is 0 Å². The lowest BCUT2D eigenvalue weighted by Gasteiger charge is -2.14. The van der Waals surface area contributed by atoms with Crippen molar-refractivity contribution in [2.45, 2.75) is 26.7 Å². The Balaban J connectivity index is 1.98. The lowest BCUT2D eigenvalue weighted by atomic mass is 10.1. The predicted molar refractivity (Wildman–Crippen MR) is 47.9 cm³/mol. The van der Waals surface area contributed by atoms with E-state index in [9.17, 15) is 0 Å². The molecular formula is C9H18N2. The second kappa shape index (κ2) is 4.27. The fourth-order valence-corrected chi connectivity index (χ4v) is 1.24. The van der Waals surface area contributed by atoms with Gasteiger partial charge in [0.05, 0.1) is 6.67 Å². The molecule has 0 bridgehead atoms. The first-order chi connectivity index (χ1) is 5.29. The molecule has 2 heteroatoms. The Morgan fingerprint density at radius 3 is 2.91 bits per heavy atom. The Kier molecular flexibility index (Phi) is 3.27. The van der Waals surface area contributed by atoms with Crippen LogP contribution in [0.15, 0.2) is 12.4 Å². The first-order valence-electron chi connectivity index (χ1n) is 4.43. The van der Waals surface area contributed by atoms with Gasteiger partial charge in [0.2, 0.25) is 0 Å². The third kappa shape index (κ3) is 3.30. The van der Waals surface area contributed by atoms with Gasteiger partial charge in [-0.15, -0.1) is 0 Å². The Bertz CT molecular complexity index is 130. The highest BCUT2D eigenvalue weighted by Gasteiger charge is 2.02. The van der Waals surface area contributed by atoms with E-state index in [0.29, 0.717) is 0 Å². The van der Waals surface area contributed by atoms with Gasteiger partial charge in [-0.2, -0.15) is 0 Å². The van der Waals surface area contributed by atoms with E-state index < -0.39 is 0 Å². The van der Waals surface area contributed by atoms with Crippen LogP contribution >= 0.6 is 0 Å². The summed E-state index contributed by atoms with van der Waals surface area (Å²) in [4.78, 5) is 2.31. The van der Waals surface area contributed by atoms with Crippen molar-refractivity contribution in [3.8, 4) is 0 Å². The van der Waals surface area contributed by atoms with E-state index in [4.69, 9.17) is 0 Å². The molecule has 1 aliphatic rings. The summed E-state index contributed by atoms with van der Waals surface area (Å²) in [6.07, 6.45) is 6.78. The zero-order valence-electron chi connectivity index (χ0n) is 7.51. The predicted octanol–water partition coefficient (Wildman–Crippen LogP) is 1.76. The molecule has 0 aromatic rings. The minimum absolute atomic E-state index is 0.842. The maximum atomic E-state index is 3.16. The monoisotopic (exact) mass is 154 g/mol. The highest BCUT2D eigenvalue weighted by atomic mass is 15.2. The second-order valence-corrected chi connectivity index (χ2v) is 3.53. The van der Waals surface area contributed by atoms with Gasteiger partial charge in [-0.3, -0.25) is 0 Å². The minimum Gasteiger partial charge on any atom is -0.373 e. The van der Waals surface area contributed by atoms with Crippen LogP contribution in [0.2, 0.25) is 0 Å². The summed E-state index contributed by atoms with van der Waals surface area (Å²) in [5.74, 6) is 0.842. The molecule has 0 aromatic carbocycles. The van der Waals surface area contributed by atoms with Crippen LogP contribution in [0.3, 0.4) is 0 Å². The maximum Gasteiger partial charge on any atom is 0.0867 e. The summed E-state index contributed by atoms with van der Waals surface area (Å²) in [5.41, 5.74) is 0. The molecule has 0 saturated carbocycles. The van der Waals surface area contributed by atoms with Gasteiger partial charge in [0.15, 0.2) is 0 Å². The molecule has 1 heterocycles. The van der Waals surface area contributed by atoms with E-state index in [-0.39, 0.29) is 0 Å². The molecule has 2 nitrogen and oxygen atoms in total. The standard InChI is InChI=1S/C9H18N2/c1-9(2)4-3-6-11-7-5-10-8-11/h5,7,9-10H,3-4,6,8H2,1-2H3. The van der Waals surface area contributed by atoms with E-state index in [2.05, 4.69) is 30.3 Å². The van der Waals surface area contributed by atoms with E-state index in [1.165, 1.54) is 19.4 Å². The van der Waals surface area contributed by atoms with Crippen molar-refractivity contribution in [2.75, 3.05) is 13.2 Å². The van der Waals surface area contributed by atoms with Crippen molar-refractivity contribution in [2.24, 2.45) is 5.92 Å². The highest BCUT2D eigenvalue weighted by molar-refractivity contribution is 4.86. The van der Waals surface area contributed by atoms with E-state index >= 15 is 0 Å². The molecule has 0 unspecified atom stereocenters. The topological polar surface area (TPSA) is 15.3 Å². The van der Waals surface area contributed by atoms with Gasteiger partial charge in [0.25, 0.3) is 0 Å². The number of nitrogens with one attached hydrogen (secondary N) is 1. The Labute approximate surface area is 69.3 Å².